The third-order valence-electron chi connectivity index (χ3n) is 2.50. The molecule has 1 heterocycles. The van der Waals surface area contributed by atoms with Crippen molar-refractivity contribution in [3.05, 3.63) is 46.2 Å². The number of hydrogen-bond donors (Lipinski definition) is 1. The van der Waals surface area contributed by atoms with Gasteiger partial charge in [-0.3, -0.25) is 0 Å². The number of aromatic carboxylic acids is 1. The molecule has 1 aromatic carbocycles. The summed E-state index contributed by atoms with van der Waals surface area (Å²) in [6, 6.07) is 7.53. The molecule has 4 nitrogen and oxygen atoms in total. The Morgan fingerprint density at radius 2 is 1.88 bits per heavy atom. The minimum Gasteiger partial charge on any atom is -0.478 e. The van der Waals surface area contributed by atoms with Crippen molar-refractivity contribution in [3.8, 4) is 5.69 Å². The fraction of sp³-hybridized carbons (Fsp3) is 0.167. The number of carboxylic acid groups (broad SMARTS) is 1. The van der Waals surface area contributed by atoms with Gasteiger partial charge >= 0.3 is 5.97 Å². The van der Waals surface area contributed by atoms with E-state index in [-0.39, 0.29) is 10.7 Å². The Kier molecular flexibility index (Phi) is 2.90. The minimum absolute atomic E-state index is 0.0484. The fourth-order valence-corrected chi connectivity index (χ4v) is 1.95. The van der Waals surface area contributed by atoms with Gasteiger partial charge in [0.15, 0.2) is 0 Å². The zero-order chi connectivity index (χ0) is 12.6. The van der Waals surface area contributed by atoms with Gasteiger partial charge in [-0.2, -0.15) is 5.10 Å². The molecule has 0 fully saturated rings. The van der Waals surface area contributed by atoms with Crippen molar-refractivity contribution < 1.29 is 9.90 Å². The number of aryl methyl sites for hydroxylation is 2. The molecule has 0 amide bonds. The van der Waals surface area contributed by atoms with Gasteiger partial charge in [-0.05, 0) is 26.0 Å². The van der Waals surface area contributed by atoms with Crippen LogP contribution in [0.15, 0.2) is 24.3 Å². The molecule has 0 unspecified atom stereocenters. The van der Waals surface area contributed by atoms with Gasteiger partial charge in [-0.15, -0.1) is 0 Å². The summed E-state index contributed by atoms with van der Waals surface area (Å²) in [7, 11) is 0. The molecule has 5 heteroatoms. The quantitative estimate of drug-likeness (QED) is 0.892. The summed E-state index contributed by atoms with van der Waals surface area (Å²) in [5, 5.41) is 13.3. The lowest BCUT2D eigenvalue weighted by Gasteiger charge is -2.03. The van der Waals surface area contributed by atoms with Crippen LogP contribution in [0.1, 0.15) is 21.6 Å². The number of aromatic nitrogens is 2. The van der Waals surface area contributed by atoms with Crippen molar-refractivity contribution in [1.82, 2.24) is 9.78 Å². The molecule has 0 aliphatic heterocycles. The predicted octanol–water partition coefficient (Wildman–Crippen LogP) is 2.84. The summed E-state index contributed by atoms with van der Waals surface area (Å²) >= 11 is 6.02. The van der Waals surface area contributed by atoms with E-state index in [0.29, 0.717) is 5.69 Å². The summed E-state index contributed by atoms with van der Waals surface area (Å²) in [5.74, 6) is -1.06. The van der Waals surface area contributed by atoms with Crippen LogP contribution in [0.25, 0.3) is 5.69 Å². The van der Waals surface area contributed by atoms with Crippen molar-refractivity contribution >= 4 is 17.6 Å². The largest absolute Gasteiger partial charge is 0.478 e. The molecule has 2 aromatic rings. The maximum atomic E-state index is 11.0. The minimum atomic E-state index is -1.06. The Bertz CT molecular complexity index is 573. The monoisotopic (exact) mass is 250 g/mol. The summed E-state index contributed by atoms with van der Waals surface area (Å²) in [5.41, 5.74) is 2.32. The van der Waals surface area contributed by atoms with Gasteiger partial charge in [-0.1, -0.05) is 29.3 Å². The van der Waals surface area contributed by atoms with Gasteiger partial charge in [0.05, 0.1) is 11.4 Å². The number of hydrogen-bond acceptors (Lipinski definition) is 2. The molecule has 0 radical (unpaired) electrons. The smallest absolute Gasteiger partial charge is 0.340 e. The molecule has 0 aliphatic carbocycles. The Morgan fingerprint density at radius 3 is 2.35 bits per heavy atom. The third kappa shape index (κ3) is 2.03. The Morgan fingerprint density at radius 1 is 1.29 bits per heavy atom. The summed E-state index contributed by atoms with van der Waals surface area (Å²) < 4.78 is 1.43. The highest BCUT2D eigenvalue weighted by atomic mass is 35.5. The first kappa shape index (κ1) is 11.7. The first-order valence-corrected chi connectivity index (χ1v) is 5.44. The lowest BCUT2D eigenvalue weighted by molar-refractivity contribution is 0.0696. The average molecular weight is 251 g/mol. The van der Waals surface area contributed by atoms with E-state index in [1.54, 1.807) is 6.92 Å². The van der Waals surface area contributed by atoms with Crippen molar-refractivity contribution in [3.63, 3.8) is 0 Å². The van der Waals surface area contributed by atoms with Crippen molar-refractivity contribution in [2.24, 2.45) is 0 Å². The van der Waals surface area contributed by atoms with E-state index in [0.717, 1.165) is 11.3 Å². The van der Waals surface area contributed by atoms with Crippen molar-refractivity contribution in [2.45, 2.75) is 13.8 Å². The van der Waals surface area contributed by atoms with Gasteiger partial charge in [0, 0.05) is 0 Å². The van der Waals surface area contributed by atoms with Crippen LogP contribution in [0.5, 0.6) is 0 Å². The van der Waals surface area contributed by atoms with E-state index in [1.165, 1.54) is 4.68 Å². The molecule has 17 heavy (non-hydrogen) atoms. The second kappa shape index (κ2) is 4.22. The van der Waals surface area contributed by atoms with Crippen LogP contribution in [0.4, 0.5) is 0 Å². The SMILES string of the molecule is Cc1ccc(-n2nc(C)c(C(=O)O)c2Cl)cc1. The van der Waals surface area contributed by atoms with Gasteiger partial charge in [0.25, 0.3) is 0 Å². The fourth-order valence-electron chi connectivity index (χ4n) is 1.60. The van der Waals surface area contributed by atoms with Crippen LogP contribution in [0.3, 0.4) is 0 Å². The standard InChI is InChI=1S/C12H11ClN2O2/c1-7-3-5-9(6-4-7)15-11(13)10(12(16)17)8(2)14-15/h3-6H,1-2H3,(H,16,17). The highest BCUT2D eigenvalue weighted by Gasteiger charge is 2.19. The molecule has 0 spiro atoms. The van der Waals surface area contributed by atoms with E-state index in [9.17, 15) is 4.79 Å². The number of halogens is 1. The number of nitrogens with zero attached hydrogens (tertiary/aromatic N) is 2. The number of rotatable bonds is 2. The van der Waals surface area contributed by atoms with Crippen molar-refractivity contribution in [1.29, 1.82) is 0 Å². The second-order valence-corrected chi connectivity index (χ2v) is 4.16. The first-order chi connectivity index (χ1) is 8.00. The van der Waals surface area contributed by atoms with Crippen LogP contribution in [0.2, 0.25) is 5.15 Å². The number of carboxylic acids is 1. The maximum Gasteiger partial charge on any atom is 0.340 e. The molecule has 0 aliphatic rings. The molecule has 88 valence electrons. The van der Waals surface area contributed by atoms with E-state index in [2.05, 4.69) is 5.10 Å². The lowest BCUT2D eigenvalue weighted by Crippen LogP contribution is -1.99. The van der Waals surface area contributed by atoms with Gasteiger partial charge in [0.2, 0.25) is 0 Å². The first-order valence-electron chi connectivity index (χ1n) is 5.06. The molecule has 0 saturated heterocycles. The molecule has 0 saturated carbocycles. The van der Waals surface area contributed by atoms with E-state index in [1.807, 2.05) is 31.2 Å². The van der Waals surface area contributed by atoms with Crippen molar-refractivity contribution in [2.75, 3.05) is 0 Å². The van der Waals surface area contributed by atoms with Gasteiger partial charge in [-0.25, -0.2) is 9.48 Å². The summed E-state index contributed by atoms with van der Waals surface area (Å²) in [4.78, 5) is 11.0. The van der Waals surface area contributed by atoms with E-state index >= 15 is 0 Å². The zero-order valence-electron chi connectivity index (χ0n) is 9.44. The molecule has 1 aromatic heterocycles. The molecule has 0 atom stereocenters. The van der Waals surface area contributed by atoms with Crippen LogP contribution in [-0.2, 0) is 0 Å². The van der Waals surface area contributed by atoms with E-state index < -0.39 is 5.97 Å². The molecule has 0 bridgehead atoms. The Balaban J connectivity index is 2.57. The normalized spacial score (nSPS) is 10.5. The highest BCUT2D eigenvalue weighted by molar-refractivity contribution is 6.32. The summed E-state index contributed by atoms with van der Waals surface area (Å²) in [6.07, 6.45) is 0. The van der Waals surface area contributed by atoms with Gasteiger partial charge in [0.1, 0.15) is 10.7 Å². The van der Waals surface area contributed by atoms with Crippen LogP contribution in [-0.4, -0.2) is 20.9 Å². The highest BCUT2D eigenvalue weighted by Crippen LogP contribution is 2.23. The van der Waals surface area contributed by atoms with Crippen LogP contribution in [0, 0.1) is 13.8 Å². The molecular formula is C12H11ClN2O2. The second-order valence-electron chi connectivity index (χ2n) is 3.80. The van der Waals surface area contributed by atoms with Crippen LogP contribution >= 0.6 is 11.6 Å². The number of carbonyl (C=O) groups is 1. The third-order valence-corrected chi connectivity index (χ3v) is 2.85. The lowest BCUT2D eigenvalue weighted by atomic mass is 10.2. The van der Waals surface area contributed by atoms with Crippen LogP contribution < -0.4 is 0 Å². The molecule has 1 N–H and O–H groups in total. The predicted molar refractivity (Wildman–Crippen MR) is 65.0 cm³/mol. The number of benzene rings is 1. The molecular weight excluding hydrogens is 240 g/mol. The Labute approximate surface area is 103 Å². The van der Waals surface area contributed by atoms with Gasteiger partial charge < -0.3 is 5.11 Å². The Hall–Kier alpha value is -1.81. The average Bonchev–Trinajstić information content (AvgIpc) is 2.55. The maximum absolute atomic E-state index is 11.0. The van der Waals surface area contributed by atoms with E-state index in [4.69, 9.17) is 16.7 Å². The molecule has 2 rings (SSSR count). The summed E-state index contributed by atoms with van der Waals surface area (Å²) in [6.45, 7) is 3.60. The zero-order valence-corrected chi connectivity index (χ0v) is 10.2. The topological polar surface area (TPSA) is 55.1 Å².